The zero-order chi connectivity index (χ0) is 10.4. The lowest BCUT2D eigenvalue weighted by molar-refractivity contribution is 0.319. The fraction of sp³-hybridized carbons (Fsp3) is 1.00. The number of hydrogen-bond donors (Lipinski definition) is 1. The van der Waals surface area contributed by atoms with E-state index >= 15 is 0 Å². The fourth-order valence-corrected chi connectivity index (χ4v) is 2.86. The molecule has 84 valence electrons. The summed E-state index contributed by atoms with van der Waals surface area (Å²) in [7, 11) is 0. The lowest BCUT2D eigenvalue weighted by atomic mass is 10.1. The molecule has 1 saturated heterocycles. The van der Waals surface area contributed by atoms with Crippen molar-refractivity contribution >= 4 is 15.9 Å². The molecule has 0 bridgehead atoms. The maximum absolute atomic E-state index is 3.61. The molecule has 1 fully saturated rings. The highest BCUT2D eigenvalue weighted by molar-refractivity contribution is 9.09. The van der Waals surface area contributed by atoms with Gasteiger partial charge in [-0.1, -0.05) is 29.8 Å². The zero-order valence-electron chi connectivity index (χ0n) is 9.43. The number of nitrogens with zero attached hydrogens (tertiary/aromatic N) is 1. The minimum absolute atomic E-state index is 0.623. The number of nitrogens with one attached hydrogen (secondary N) is 1. The third-order valence-electron chi connectivity index (χ3n) is 3.00. The molecule has 1 rings (SSSR count). The van der Waals surface area contributed by atoms with E-state index in [0.29, 0.717) is 12.0 Å². The minimum Gasteiger partial charge on any atom is -0.312 e. The molecule has 1 aliphatic rings. The highest BCUT2D eigenvalue weighted by atomic mass is 79.9. The van der Waals surface area contributed by atoms with Gasteiger partial charge >= 0.3 is 0 Å². The molecule has 0 amide bonds. The first-order chi connectivity index (χ1) is 6.74. The molecule has 1 N–H and O–H groups in total. The molecule has 0 spiro atoms. The average Bonchev–Trinajstić information content (AvgIpc) is 2.64. The van der Waals surface area contributed by atoms with Crippen molar-refractivity contribution in [3.8, 4) is 0 Å². The smallest absolute Gasteiger partial charge is 0.0188 e. The van der Waals surface area contributed by atoms with E-state index < -0.39 is 0 Å². The molecule has 1 aliphatic heterocycles. The molecule has 14 heavy (non-hydrogen) atoms. The summed E-state index contributed by atoms with van der Waals surface area (Å²) in [6.07, 6.45) is 2.79. The molecule has 1 heterocycles. The first-order valence-corrected chi connectivity index (χ1v) is 6.88. The lowest BCUT2D eigenvalue weighted by Gasteiger charge is -2.22. The van der Waals surface area contributed by atoms with Gasteiger partial charge in [-0.25, -0.2) is 0 Å². The Morgan fingerprint density at radius 1 is 1.29 bits per heavy atom. The van der Waals surface area contributed by atoms with Gasteiger partial charge in [0.25, 0.3) is 0 Å². The molecule has 3 heteroatoms. The normalized spacial score (nSPS) is 20.6. The van der Waals surface area contributed by atoms with Crippen LogP contribution < -0.4 is 5.32 Å². The molecule has 0 saturated carbocycles. The summed E-state index contributed by atoms with van der Waals surface area (Å²) in [6.45, 7) is 9.51. The van der Waals surface area contributed by atoms with Gasteiger partial charge in [0, 0.05) is 24.5 Å². The van der Waals surface area contributed by atoms with Crippen LogP contribution in [0.5, 0.6) is 0 Å². The SMILES string of the molecule is CC(C)C(CBr)NCCN1CCCC1. The van der Waals surface area contributed by atoms with Gasteiger partial charge in [0.2, 0.25) is 0 Å². The van der Waals surface area contributed by atoms with E-state index in [9.17, 15) is 0 Å². The van der Waals surface area contributed by atoms with Crippen molar-refractivity contribution in [1.29, 1.82) is 0 Å². The van der Waals surface area contributed by atoms with Crippen LogP contribution in [0, 0.1) is 5.92 Å². The van der Waals surface area contributed by atoms with Crippen molar-refractivity contribution in [2.45, 2.75) is 32.7 Å². The standard InChI is InChI=1S/C11H23BrN2/c1-10(2)11(9-12)13-5-8-14-6-3-4-7-14/h10-11,13H,3-9H2,1-2H3. The summed E-state index contributed by atoms with van der Waals surface area (Å²) in [6, 6.07) is 0.623. The van der Waals surface area contributed by atoms with Gasteiger partial charge in [-0.05, 0) is 31.8 Å². The molecule has 0 aliphatic carbocycles. The lowest BCUT2D eigenvalue weighted by Crippen LogP contribution is -2.40. The summed E-state index contributed by atoms with van der Waals surface area (Å²) in [5, 5.41) is 4.67. The first-order valence-electron chi connectivity index (χ1n) is 5.75. The van der Waals surface area contributed by atoms with Gasteiger partial charge < -0.3 is 10.2 Å². The maximum Gasteiger partial charge on any atom is 0.0188 e. The molecular weight excluding hydrogens is 240 g/mol. The Bertz CT molecular complexity index is 144. The number of hydrogen-bond acceptors (Lipinski definition) is 2. The van der Waals surface area contributed by atoms with Crippen LogP contribution in [0.15, 0.2) is 0 Å². The van der Waals surface area contributed by atoms with Crippen molar-refractivity contribution < 1.29 is 0 Å². The van der Waals surface area contributed by atoms with Gasteiger partial charge in [0.05, 0.1) is 0 Å². The van der Waals surface area contributed by atoms with Crippen molar-refractivity contribution in [2.75, 3.05) is 31.5 Å². The van der Waals surface area contributed by atoms with Crippen molar-refractivity contribution in [3.05, 3.63) is 0 Å². The van der Waals surface area contributed by atoms with Crippen LogP contribution in [0.25, 0.3) is 0 Å². The van der Waals surface area contributed by atoms with Crippen molar-refractivity contribution in [1.82, 2.24) is 10.2 Å². The van der Waals surface area contributed by atoms with Crippen LogP contribution in [-0.4, -0.2) is 42.5 Å². The highest BCUT2D eigenvalue weighted by Crippen LogP contribution is 2.07. The summed E-state index contributed by atoms with van der Waals surface area (Å²) in [4.78, 5) is 2.55. The predicted octanol–water partition coefficient (Wildman–Crippen LogP) is 2.09. The van der Waals surface area contributed by atoms with Gasteiger partial charge in [-0.15, -0.1) is 0 Å². The summed E-state index contributed by atoms with van der Waals surface area (Å²) in [5.74, 6) is 0.716. The Morgan fingerprint density at radius 3 is 2.43 bits per heavy atom. The third kappa shape index (κ3) is 4.28. The average molecular weight is 263 g/mol. The van der Waals surface area contributed by atoms with Gasteiger partial charge in [-0.3, -0.25) is 0 Å². The second-order valence-corrected chi connectivity index (χ2v) is 5.16. The van der Waals surface area contributed by atoms with E-state index in [1.807, 2.05) is 0 Å². The molecule has 0 radical (unpaired) electrons. The Labute approximate surface area is 96.6 Å². The first kappa shape index (κ1) is 12.5. The molecule has 0 aromatic rings. The van der Waals surface area contributed by atoms with E-state index in [2.05, 4.69) is 40.0 Å². The van der Waals surface area contributed by atoms with Crippen molar-refractivity contribution in [2.24, 2.45) is 5.92 Å². The third-order valence-corrected chi connectivity index (χ3v) is 3.70. The topological polar surface area (TPSA) is 15.3 Å². The Balaban J connectivity index is 2.06. The zero-order valence-corrected chi connectivity index (χ0v) is 11.0. The molecular formula is C11H23BrN2. The van der Waals surface area contributed by atoms with E-state index in [-0.39, 0.29) is 0 Å². The van der Waals surface area contributed by atoms with Crippen LogP contribution in [0.1, 0.15) is 26.7 Å². The second-order valence-electron chi connectivity index (χ2n) is 4.51. The molecule has 0 aromatic carbocycles. The number of halogens is 1. The Kier molecular flexibility index (Phi) is 6.06. The van der Waals surface area contributed by atoms with Crippen LogP contribution >= 0.6 is 15.9 Å². The summed E-state index contributed by atoms with van der Waals surface area (Å²) in [5.41, 5.74) is 0. The monoisotopic (exact) mass is 262 g/mol. The summed E-state index contributed by atoms with van der Waals surface area (Å²) < 4.78 is 0. The number of alkyl halides is 1. The van der Waals surface area contributed by atoms with Crippen LogP contribution in [0.3, 0.4) is 0 Å². The van der Waals surface area contributed by atoms with E-state index in [1.165, 1.54) is 32.5 Å². The minimum atomic E-state index is 0.623. The number of rotatable bonds is 6. The van der Waals surface area contributed by atoms with Crippen LogP contribution in [0.2, 0.25) is 0 Å². The Morgan fingerprint density at radius 2 is 1.93 bits per heavy atom. The van der Waals surface area contributed by atoms with E-state index in [0.717, 1.165) is 11.9 Å². The van der Waals surface area contributed by atoms with Crippen molar-refractivity contribution in [3.63, 3.8) is 0 Å². The van der Waals surface area contributed by atoms with Gasteiger partial charge in [-0.2, -0.15) is 0 Å². The molecule has 2 nitrogen and oxygen atoms in total. The fourth-order valence-electron chi connectivity index (χ4n) is 1.88. The van der Waals surface area contributed by atoms with Crippen LogP contribution in [0.4, 0.5) is 0 Å². The van der Waals surface area contributed by atoms with Gasteiger partial charge in [0.1, 0.15) is 0 Å². The highest BCUT2D eigenvalue weighted by Gasteiger charge is 2.13. The largest absolute Gasteiger partial charge is 0.312 e. The van der Waals surface area contributed by atoms with E-state index in [4.69, 9.17) is 0 Å². The molecule has 1 unspecified atom stereocenters. The van der Waals surface area contributed by atoms with Gasteiger partial charge in [0.15, 0.2) is 0 Å². The number of likely N-dealkylation sites (tertiary alicyclic amines) is 1. The quantitative estimate of drug-likeness (QED) is 0.738. The Hall–Kier alpha value is 0.400. The van der Waals surface area contributed by atoms with Crippen LogP contribution in [-0.2, 0) is 0 Å². The second kappa shape index (κ2) is 6.81. The molecule has 0 aromatic heterocycles. The predicted molar refractivity (Wildman–Crippen MR) is 66.1 cm³/mol. The van der Waals surface area contributed by atoms with E-state index in [1.54, 1.807) is 0 Å². The molecule has 1 atom stereocenters. The summed E-state index contributed by atoms with van der Waals surface area (Å²) >= 11 is 3.55. The maximum atomic E-state index is 3.61.